The highest BCUT2D eigenvalue weighted by atomic mass is 79.9. The third kappa shape index (κ3) is 3.96. The number of hydrogen-bond acceptors (Lipinski definition) is 4. The standard InChI is InChI=1S/C20H20BrCl2NO4/c1-27-16-9-12(13(21)10-17(16)28-2)19(11-5-3-6-14(22)18(11)23)24-8-4-7-15(24)20(25)26/h3,5-6,9-10,15,19H,4,7-8H2,1-2H3,(H,25,26). The van der Waals surface area contributed by atoms with Gasteiger partial charge < -0.3 is 14.6 Å². The van der Waals surface area contributed by atoms with Crippen LogP contribution in [-0.4, -0.2) is 42.8 Å². The molecule has 1 N–H and O–H groups in total. The number of ether oxygens (including phenoxy) is 2. The van der Waals surface area contributed by atoms with Crippen LogP contribution in [0.1, 0.15) is 30.0 Å². The molecule has 2 unspecified atom stereocenters. The molecule has 1 fully saturated rings. The fraction of sp³-hybridized carbons (Fsp3) is 0.350. The van der Waals surface area contributed by atoms with E-state index in [4.69, 9.17) is 32.7 Å². The van der Waals surface area contributed by atoms with Crippen LogP contribution >= 0.6 is 39.1 Å². The Labute approximate surface area is 182 Å². The lowest BCUT2D eigenvalue weighted by atomic mass is 9.95. The van der Waals surface area contributed by atoms with Crippen molar-refractivity contribution in [2.24, 2.45) is 0 Å². The van der Waals surface area contributed by atoms with Crippen LogP contribution in [0, 0.1) is 0 Å². The van der Waals surface area contributed by atoms with Crippen molar-refractivity contribution >= 4 is 45.1 Å². The molecule has 2 aromatic rings. The summed E-state index contributed by atoms with van der Waals surface area (Å²) in [5, 5.41) is 10.6. The molecule has 8 heteroatoms. The van der Waals surface area contributed by atoms with Gasteiger partial charge in [-0.2, -0.15) is 0 Å². The Morgan fingerprint density at radius 2 is 1.89 bits per heavy atom. The van der Waals surface area contributed by atoms with Crippen LogP contribution in [0.25, 0.3) is 0 Å². The maximum Gasteiger partial charge on any atom is 0.320 e. The van der Waals surface area contributed by atoms with Gasteiger partial charge >= 0.3 is 5.97 Å². The first-order valence-electron chi connectivity index (χ1n) is 8.73. The van der Waals surface area contributed by atoms with Gasteiger partial charge in [-0.15, -0.1) is 0 Å². The molecule has 0 aromatic heterocycles. The maximum absolute atomic E-state index is 11.9. The second-order valence-electron chi connectivity index (χ2n) is 6.51. The number of carboxylic acids is 1. The lowest BCUT2D eigenvalue weighted by Gasteiger charge is -2.33. The van der Waals surface area contributed by atoms with Gasteiger partial charge in [0.15, 0.2) is 11.5 Å². The van der Waals surface area contributed by atoms with Crippen molar-refractivity contribution in [3.8, 4) is 11.5 Å². The van der Waals surface area contributed by atoms with Gasteiger partial charge in [0.05, 0.1) is 30.3 Å². The Bertz CT molecular complexity index is 893. The van der Waals surface area contributed by atoms with Crippen molar-refractivity contribution in [1.29, 1.82) is 0 Å². The minimum Gasteiger partial charge on any atom is -0.493 e. The molecule has 0 saturated carbocycles. The van der Waals surface area contributed by atoms with Gasteiger partial charge in [0.2, 0.25) is 0 Å². The Morgan fingerprint density at radius 3 is 2.54 bits per heavy atom. The summed E-state index contributed by atoms with van der Waals surface area (Å²) >= 11 is 16.4. The van der Waals surface area contributed by atoms with Gasteiger partial charge in [-0.1, -0.05) is 51.3 Å². The van der Waals surface area contributed by atoms with E-state index in [0.29, 0.717) is 34.5 Å². The zero-order valence-corrected chi connectivity index (χ0v) is 18.5. The molecule has 0 radical (unpaired) electrons. The Morgan fingerprint density at radius 1 is 1.21 bits per heavy atom. The number of methoxy groups -OCH3 is 2. The van der Waals surface area contributed by atoms with Gasteiger partial charge in [-0.05, 0) is 42.2 Å². The highest BCUT2D eigenvalue weighted by molar-refractivity contribution is 9.10. The Balaban J connectivity index is 2.23. The van der Waals surface area contributed by atoms with Crippen LogP contribution in [0.4, 0.5) is 0 Å². The molecule has 1 heterocycles. The number of hydrogen-bond donors (Lipinski definition) is 1. The fourth-order valence-electron chi connectivity index (χ4n) is 3.70. The molecule has 0 spiro atoms. The maximum atomic E-state index is 11.9. The number of aliphatic carboxylic acids is 1. The number of nitrogens with zero attached hydrogens (tertiary/aromatic N) is 1. The smallest absolute Gasteiger partial charge is 0.320 e. The van der Waals surface area contributed by atoms with Crippen molar-refractivity contribution in [2.45, 2.75) is 24.9 Å². The van der Waals surface area contributed by atoms with Gasteiger partial charge in [-0.3, -0.25) is 9.69 Å². The third-order valence-electron chi connectivity index (χ3n) is 4.98. The van der Waals surface area contributed by atoms with Crippen molar-refractivity contribution < 1.29 is 19.4 Å². The van der Waals surface area contributed by atoms with Crippen molar-refractivity contribution in [3.05, 3.63) is 56.0 Å². The lowest BCUT2D eigenvalue weighted by molar-refractivity contribution is -0.142. The first-order valence-corrected chi connectivity index (χ1v) is 10.3. The molecule has 5 nitrogen and oxygen atoms in total. The molecule has 150 valence electrons. The summed E-state index contributed by atoms with van der Waals surface area (Å²) in [4.78, 5) is 13.8. The SMILES string of the molecule is COc1cc(Br)c(C(c2cccc(Cl)c2Cl)N2CCCC2C(=O)O)cc1OC. The average Bonchev–Trinajstić information content (AvgIpc) is 3.16. The predicted octanol–water partition coefficient (Wildman–Crippen LogP) is 5.41. The van der Waals surface area contributed by atoms with Gasteiger partial charge in [-0.25, -0.2) is 0 Å². The lowest BCUT2D eigenvalue weighted by Crippen LogP contribution is -2.39. The summed E-state index contributed by atoms with van der Waals surface area (Å²) < 4.78 is 11.6. The summed E-state index contributed by atoms with van der Waals surface area (Å²) in [6, 6.07) is 8.04. The molecule has 0 amide bonds. The largest absolute Gasteiger partial charge is 0.493 e. The summed E-state index contributed by atoms with van der Waals surface area (Å²) in [6.07, 6.45) is 1.37. The second kappa shape index (κ2) is 8.91. The van der Waals surface area contributed by atoms with E-state index in [1.165, 1.54) is 0 Å². The van der Waals surface area contributed by atoms with E-state index in [0.717, 1.165) is 22.0 Å². The van der Waals surface area contributed by atoms with E-state index in [1.54, 1.807) is 20.3 Å². The summed E-state index contributed by atoms with van der Waals surface area (Å²) in [6.45, 7) is 0.630. The minimum absolute atomic E-state index is 0.409. The number of likely N-dealkylation sites (tertiary alicyclic amines) is 1. The van der Waals surface area contributed by atoms with E-state index in [9.17, 15) is 9.90 Å². The highest BCUT2D eigenvalue weighted by Gasteiger charge is 2.38. The van der Waals surface area contributed by atoms with Gasteiger partial charge in [0.25, 0.3) is 0 Å². The molecule has 2 aromatic carbocycles. The monoisotopic (exact) mass is 487 g/mol. The fourth-order valence-corrected chi connectivity index (χ4v) is 4.65. The first kappa shape index (κ1) is 21.2. The number of benzene rings is 2. The zero-order valence-electron chi connectivity index (χ0n) is 15.4. The van der Waals surface area contributed by atoms with Crippen LogP contribution in [-0.2, 0) is 4.79 Å². The Kier molecular flexibility index (Phi) is 6.76. The number of carboxylic acid groups (broad SMARTS) is 1. The van der Waals surface area contributed by atoms with E-state index in [2.05, 4.69) is 15.9 Å². The first-order chi connectivity index (χ1) is 13.4. The summed E-state index contributed by atoms with van der Waals surface area (Å²) in [5.74, 6) is 0.275. The number of halogens is 3. The predicted molar refractivity (Wildman–Crippen MR) is 113 cm³/mol. The molecule has 1 saturated heterocycles. The normalized spacial score (nSPS) is 18.1. The van der Waals surface area contributed by atoms with E-state index in [1.807, 2.05) is 29.2 Å². The summed E-state index contributed by atoms with van der Waals surface area (Å²) in [7, 11) is 3.13. The second-order valence-corrected chi connectivity index (χ2v) is 8.15. The van der Waals surface area contributed by atoms with Crippen molar-refractivity contribution in [2.75, 3.05) is 20.8 Å². The minimum atomic E-state index is -0.850. The van der Waals surface area contributed by atoms with E-state index < -0.39 is 18.1 Å². The van der Waals surface area contributed by atoms with Crippen LogP contribution < -0.4 is 9.47 Å². The van der Waals surface area contributed by atoms with Crippen LogP contribution in [0.5, 0.6) is 11.5 Å². The highest BCUT2D eigenvalue weighted by Crippen LogP contribution is 2.45. The number of carbonyl (C=O) groups is 1. The molecule has 3 rings (SSSR count). The summed E-state index contributed by atoms with van der Waals surface area (Å²) in [5.41, 5.74) is 1.57. The van der Waals surface area contributed by atoms with Crippen LogP contribution in [0.3, 0.4) is 0 Å². The van der Waals surface area contributed by atoms with Crippen LogP contribution in [0.15, 0.2) is 34.8 Å². The molecule has 1 aliphatic rings. The topological polar surface area (TPSA) is 59.0 Å². The number of rotatable bonds is 6. The molecule has 1 aliphatic heterocycles. The molecular formula is C20H20BrCl2NO4. The van der Waals surface area contributed by atoms with Crippen LogP contribution in [0.2, 0.25) is 10.0 Å². The molecule has 0 bridgehead atoms. The van der Waals surface area contributed by atoms with E-state index in [-0.39, 0.29) is 0 Å². The van der Waals surface area contributed by atoms with Crippen molar-refractivity contribution in [3.63, 3.8) is 0 Å². The molecule has 28 heavy (non-hydrogen) atoms. The van der Waals surface area contributed by atoms with Gasteiger partial charge in [0.1, 0.15) is 6.04 Å². The van der Waals surface area contributed by atoms with E-state index >= 15 is 0 Å². The average molecular weight is 489 g/mol. The van der Waals surface area contributed by atoms with Gasteiger partial charge in [0, 0.05) is 11.0 Å². The molecule has 0 aliphatic carbocycles. The molecular weight excluding hydrogens is 469 g/mol. The third-order valence-corrected chi connectivity index (χ3v) is 6.50. The quantitative estimate of drug-likeness (QED) is 0.588. The molecule has 2 atom stereocenters. The van der Waals surface area contributed by atoms with Crippen molar-refractivity contribution in [1.82, 2.24) is 4.90 Å². The zero-order chi connectivity index (χ0) is 20.4. The Hall–Kier alpha value is -1.47.